The van der Waals surface area contributed by atoms with Gasteiger partial charge in [0.2, 0.25) is 11.8 Å². The van der Waals surface area contributed by atoms with Gasteiger partial charge >= 0.3 is 0 Å². The van der Waals surface area contributed by atoms with Crippen molar-refractivity contribution in [1.29, 1.82) is 0 Å². The molecule has 0 N–H and O–H groups in total. The van der Waals surface area contributed by atoms with Crippen LogP contribution in [0.1, 0.15) is 60.5 Å². The molecule has 0 radical (unpaired) electrons. The average molecular weight is 297 g/mol. The molecule has 22 heavy (non-hydrogen) atoms. The number of aryl methyl sites for hydroxylation is 1. The molecule has 1 aromatic heterocycles. The van der Waals surface area contributed by atoms with Crippen LogP contribution >= 0.6 is 0 Å². The van der Waals surface area contributed by atoms with Gasteiger partial charge in [-0.2, -0.15) is 4.98 Å². The van der Waals surface area contributed by atoms with Crippen molar-refractivity contribution in [3.05, 3.63) is 47.1 Å². The van der Waals surface area contributed by atoms with E-state index in [1.54, 1.807) is 0 Å². The van der Waals surface area contributed by atoms with Crippen molar-refractivity contribution < 1.29 is 9.32 Å². The van der Waals surface area contributed by atoms with E-state index in [9.17, 15) is 4.79 Å². The average Bonchev–Trinajstić information content (AvgIpc) is 3.15. The molecule has 2 aromatic rings. The lowest BCUT2D eigenvalue weighted by atomic mass is 10.1. The minimum atomic E-state index is -0.0752. The summed E-state index contributed by atoms with van der Waals surface area (Å²) in [5.41, 5.74) is 2.35. The predicted octanol–water partition coefficient (Wildman–Crippen LogP) is 3.12. The van der Waals surface area contributed by atoms with Crippen LogP contribution in [-0.2, 0) is 11.3 Å². The number of nitrogens with zero attached hydrogens (tertiary/aromatic N) is 3. The molecule has 1 aliphatic heterocycles. The van der Waals surface area contributed by atoms with Crippen LogP contribution < -0.4 is 0 Å². The third-order valence-corrected chi connectivity index (χ3v) is 4.49. The van der Waals surface area contributed by atoms with E-state index in [0.29, 0.717) is 24.8 Å². The van der Waals surface area contributed by atoms with Crippen molar-refractivity contribution >= 4 is 5.91 Å². The maximum Gasteiger partial charge on any atom is 0.249 e. The van der Waals surface area contributed by atoms with Gasteiger partial charge in [-0.25, -0.2) is 0 Å². The van der Waals surface area contributed by atoms with Crippen molar-refractivity contribution in [2.75, 3.05) is 0 Å². The SMILES string of the molecule is Cc1ccc(CN2C(=O)CCC2c2nc(C3CC3)no2)cc1. The highest BCUT2D eigenvalue weighted by Gasteiger charge is 2.37. The van der Waals surface area contributed by atoms with Crippen LogP contribution in [0.5, 0.6) is 0 Å². The van der Waals surface area contributed by atoms with Gasteiger partial charge in [0.05, 0.1) is 0 Å². The largest absolute Gasteiger partial charge is 0.337 e. The molecule has 5 heteroatoms. The Labute approximate surface area is 129 Å². The lowest BCUT2D eigenvalue weighted by molar-refractivity contribution is -0.129. The molecule has 1 aromatic carbocycles. The quantitative estimate of drug-likeness (QED) is 0.870. The molecular formula is C17H19N3O2. The molecule has 0 spiro atoms. The van der Waals surface area contributed by atoms with E-state index in [2.05, 4.69) is 41.3 Å². The summed E-state index contributed by atoms with van der Waals surface area (Å²) >= 11 is 0. The normalized spacial score (nSPS) is 21.6. The molecule has 1 amide bonds. The Morgan fingerprint density at radius 2 is 2.00 bits per heavy atom. The molecule has 2 aliphatic rings. The predicted molar refractivity (Wildman–Crippen MR) is 80.0 cm³/mol. The number of benzene rings is 1. The van der Waals surface area contributed by atoms with Crippen molar-refractivity contribution in [2.45, 2.75) is 51.1 Å². The van der Waals surface area contributed by atoms with Crippen LogP contribution in [0.4, 0.5) is 0 Å². The maximum absolute atomic E-state index is 12.2. The fourth-order valence-electron chi connectivity index (χ4n) is 2.97. The second-order valence-electron chi connectivity index (χ2n) is 6.33. The van der Waals surface area contributed by atoms with Gasteiger partial charge in [-0.15, -0.1) is 0 Å². The number of hydrogen-bond donors (Lipinski definition) is 0. The van der Waals surface area contributed by atoms with Gasteiger partial charge in [0.15, 0.2) is 5.82 Å². The molecule has 4 rings (SSSR count). The number of carbonyl (C=O) groups excluding carboxylic acids is 1. The van der Waals surface area contributed by atoms with Gasteiger partial charge < -0.3 is 9.42 Å². The van der Waals surface area contributed by atoms with Gasteiger partial charge in [0, 0.05) is 18.9 Å². The van der Waals surface area contributed by atoms with Crippen LogP contribution in [0.3, 0.4) is 0 Å². The zero-order chi connectivity index (χ0) is 15.1. The summed E-state index contributed by atoms with van der Waals surface area (Å²) in [6, 6.07) is 8.21. The van der Waals surface area contributed by atoms with Crippen LogP contribution in [0.15, 0.2) is 28.8 Å². The van der Waals surface area contributed by atoms with E-state index in [1.807, 2.05) is 4.90 Å². The first-order valence-electron chi connectivity index (χ1n) is 7.89. The van der Waals surface area contributed by atoms with E-state index >= 15 is 0 Å². The van der Waals surface area contributed by atoms with Gasteiger partial charge in [-0.05, 0) is 31.7 Å². The van der Waals surface area contributed by atoms with E-state index in [4.69, 9.17) is 4.52 Å². The first kappa shape index (κ1) is 13.5. The Bertz CT molecular complexity index is 688. The Morgan fingerprint density at radius 3 is 2.73 bits per heavy atom. The topological polar surface area (TPSA) is 59.2 Å². The second-order valence-corrected chi connectivity index (χ2v) is 6.33. The second kappa shape index (κ2) is 5.23. The molecule has 0 bridgehead atoms. The number of aromatic nitrogens is 2. The summed E-state index contributed by atoms with van der Waals surface area (Å²) in [4.78, 5) is 18.6. The standard InChI is InChI=1S/C17H19N3O2/c1-11-2-4-12(5-3-11)10-20-14(8-9-15(20)21)17-18-16(19-22-17)13-6-7-13/h2-5,13-14H,6-10H2,1H3. The molecule has 1 atom stereocenters. The van der Waals surface area contributed by atoms with Gasteiger partial charge in [-0.1, -0.05) is 35.0 Å². The van der Waals surface area contributed by atoms with Crippen molar-refractivity contribution in [1.82, 2.24) is 15.0 Å². The lowest BCUT2D eigenvalue weighted by Gasteiger charge is -2.22. The highest BCUT2D eigenvalue weighted by Crippen LogP contribution is 2.40. The fourth-order valence-corrected chi connectivity index (χ4v) is 2.97. The molecule has 2 heterocycles. The molecule has 1 aliphatic carbocycles. The highest BCUT2D eigenvalue weighted by molar-refractivity contribution is 5.78. The molecule has 1 unspecified atom stereocenters. The van der Waals surface area contributed by atoms with Crippen molar-refractivity contribution in [2.24, 2.45) is 0 Å². The molecule has 5 nitrogen and oxygen atoms in total. The van der Waals surface area contributed by atoms with Crippen LogP contribution in [-0.4, -0.2) is 20.9 Å². The lowest BCUT2D eigenvalue weighted by Crippen LogP contribution is -2.27. The van der Waals surface area contributed by atoms with Crippen molar-refractivity contribution in [3.63, 3.8) is 0 Å². The Kier molecular flexibility index (Phi) is 3.21. The van der Waals surface area contributed by atoms with Crippen LogP contribution in [0, 0.1) is 6.92 Å². The van der Waals surface area contributed by atoms with E-state index in [1.165, 1.54) is 5.56 Å². The molecule has 114 valence electrons. The highest BCUT2D eigenvalue weighted by atomic mass is 16.5. The van der Waals surface area contributed by atoms with Gasteiger partial charge in [0.25, 0.3) is 0 Å². The molecule has 2 fully saturated rings. The summed E-state index contributed by atoms with van der Waals surface area (Å²) in [7, 11) is 0. The zero-order valence-electron chi connectivity index (χ0n) is 12.7. The first-order valence-corrected chi connectivity index (χ1v) is 7.89. The number of likely N-dealkylation sites (tertiary alicyclic amines) is 1. The summed E-state index contributed by atoms with van der Waals surface area (Å²) in [6.07, 6.45) is 3.61. The fraction of sp³-hybridized carbons (Fsp3) is 0.471. The van der Waals surface area contributed by atoms with E-state index in [0.717, 1.165) is 30.7 Å². The van der Waals surface area contributed by atoms with Crippen LogP contribution in [0.2, 0.25) is 0 Å². The Hall–Kier alpha value is -2.17. The number of rotatable bonds is 4. The first-order chi connectivity index (χ1) is 10.7. The Balaban J connectivity index is 1.55. The van der Waals surface area contributed by atoms with Gasteiger partial charge in [0.1, 0.15) is 6.04 Å². The number of amides is 1. The smallest absolute Gasteiger partial charge is 0.249 e. The molecule has 1 saturated carbocycles. The number of carbonyl (C=O) groups is 1. The van der Waals surface area contributed by atoms with Gasteiger partial charge in [-0.3, -0.25) is 4.79 Å². The van der Waals surface area contributed by atoms with Crippen LogP contribution in [0.25, 0.3) is 0 Å². The molecule has 1 saturated heterocycles. The monoisotopic (exact) mass is 297 g/mol. The maximum atomic E-state index is 12.2. The minimum absolute atomic E-state index is 0.0752. The third-order valence-electron chi connectivity index (χ3n) is 4.49. The molecular weight excluding hydrogens is 278 g/mol. The minimum Gasteiger partial charge on any atom is -0.337 e. The third kappa shape index (κ3) is 2.51. The Morgan fingerprint density at radius 1 is 1.23 bits per heavy atom. The summed E-state index contributed by atoms with van der Waals surface area (Å²) in [5.74, 6) is 2.04. The number of hydrogen-bond acceptors (Lipinski definition) is 4. The van der Waals surface area contributed by atoms with E-state index < -0.39 is 0 Å². The van der Waals surface area contributed by atoms with E-state index in [-0.39, 0.29) is 11.9 Å². The summed E-state index contributed by atoms with van der Waals surface area (Å²) in [5, 5.41) is 4.08. The van der Waals surface area contributed by atoms with Crippen molar-refractivity contribution in [3.8, 4) is 0 Å². The zero-order valence-corrected chi connectivity index (χ0v) is 12.7. The summed E-state index contributed by atoms with van der Waals surface area (Å²) in [6.45, 7) is 2.66. The summed E-state index contributed by atoms with van der Waals surface area (Å²) < 4.78 is 5.43.